The highest BCUT2D eigenvalue weighted by Crippen LogP contribution is 2.38. The average Bonchev–Trinajstić information content (AvgIpc) is 2.52. The first-order valence-corrected chi connectivity index (χ1v) is 8.73. The van der Waals surface area contributed by atoms with Crippen molar-refractivity contribution < 1.29 is 32.2 Å². The lowest BCUT2D eigenvalue weighted by Gasteiger charge is -2.34. The highest BCUT2D eigenvalue weighted by atomic mass is 19.4. The molecule has 1 atom stereocenters. The highest BCUT2D eigenvalue weighted by molar-refractivity contribution is 5.94. The van der Waals surface area contributed by atoms with Crippen molar-refractivity contribution in [2.75, 3.05) is 13.1 Å². The molecular weight excluding hydrogens is 363 g/mol. The van der Waals surface area contributed by atoms with Crippen LogP contribution in [0.2, 0.25) is 0 Å². The Kier molecular flexibility index (Phi) is 6.07. The van der Waals surface area contributed by atoms with Gasteiger partial charge in [-0.15, -0.1) is 0 Å². The van der Waals surface area contributed by atoms with Crippen LogP contribution in [0.1, 0.15) is 56.5 Å². The third-order valence-corrected chi connectivity index (χ3v) is 4.01. The predicted molar refractivity (Wildman–Crippen MR) is 92.9 cm³/mol. The molecular formula is C19H24F3NO4. The van der Waals surface area contributed by atoms with E-state index in [0.29, 0.717) is 19.4 Å². The third-order valence-electron chi connectivity index (χ3n) is 4.01. The molecule has 1 fully saturated rings. The number of ether oxygens (including phenoxy) is 2. The monoisotopic (exact) mass is 387 g/mol. The van der Waals surface area contributed by atoms with Gasteiger partial charge in [0.15, 0.2) is 5.78 Å². The third kappa shape index (κ3) is 5.87. The summed E-state index contributed by atoms with van der Waals surface area (Å²) in [6, 6.07) is 3.26. The Labute approximate surface area is 156 Å². The molecule has 0 aliphatic carbocycles. The van der Waals surface area contributed by atoms with Crippen LogP contribution in [-0.2, 0) is 10.9 Å². The second kappa shape index (κ2) is 7.78. The second-order valence-electron chi connectivity index (χ2n) is 7.57. The number of amides is 1. The molecule has 27 heavy (non-hydrogen) atoms. The van der Waals surface area contributed by atoms with E-state index in [1.165, 1.54) is 17.9 Å². The topological polar surface area (TPSA) is 55.8 Å². The van der Waals surface area contributed by atoms with Crippen LogP contribution in [-0.4, -0.2) is 41.6 Å². The number of nitrogens with zero attached hydrogens (tertiary/aromatic N) is 1. The fourth-order valence-electron chi connectivity index (χ4n) is 2.78. The summed E-state index contributed by atoms with van der Waals surface area (Å²) in [6.07, 6.45) is -4.64. The summed E-state index contributed by atoms with van der Waals surface area (Å²) in [7, 11) is 0. The molecule has 0 radical (unpaired) electrons. The molecule has 0 bridgehead atoms. The van der Waals surface area contributed by atoms with Crippen molar-refractivity contribution >= 4 is 11.9 Å². The van der Waals surface area contributed by atoms with Crippen molar-refractivity contribution in [3.05, 3.63) is 29.3 Å². The number of benzene rings is 1. The SMILES string of the molecule is CC(=O)c1ccc(OC2CCCN(C(=O)OC(C)(C)C)C2)c(C(F)(F)F)c1. The number of ketones is 1. The molecule has 1 aromatic carbocycles. The van der Waals surface area contributed by atoms with E-state index >= 15 is 0 Å². The van der Waals surface area contributed by atoms with Gasteiger partial charge in [0.05, 0.1) is 12.1 Å². The number of alkyl halides is 3. The van der Waals surface area contributed by atoms with Gasteiger partial charge in [-0.3, -0.25) is 4.79 Å². The molecule has 1 heterocycles. The van der Waals surface area contributed by atoms with Crippen LogP contribution in [0.5, 0.6) is 5.75 Å². The molecule has 1 saturated heterocycles. The summed E-state index contributed by atoms with van der Waals surface area (Å²) in [5.41, 5.74) is -1.69. The highest BCUT2D eigenvalue weighted by Gasteiger charge is 2.36. The summed E-state index contributed by atoms with van der Waals surface area (Å²) in [6.45, 7) is 7.04. The number of carbonyl (C=O) groups is 2. The first-order chi connectivity index (χ1) is 12.4. The molecule has 0 spiro atoms. The molecule has 1 aliphatic heterocycles. The van der Waals surface area contributed by atoms with Crippen LogP contribution in [0.4, 0.5) is 18.0 Å². The van der Waals surface area contributed by atoms with Gasteiger partial charge in [0.2, 0.25) is 0 Å². The van der Waals surface area contributed by atoms with Crippen LogP contribution < -0.4 is 4.74 Å². The summed E-state index contributed by atoms with van der Waals surface area (Å²) >= 11 is 0. The minimum Gasteiger partial charge on any atom is -0.488 e. The van der Waals surface area contributed by atoms with Crippen LogP contribution >= 0.6 is 0 Å². The second-order valence-corrected chi connectivity index (χ2v) is 7.57. The van der Waals surface area contributed by atoms with E-state index in [-0.39, 0.29) is 17.9 Å². The van der Waals surface area contributed by atoms with Gasteiger partial charge in [0.1, 0.15) is 17.5 Å². The number of hydrogen-bond acceptors (Lipinski definition) is 4. The Morgan fingerprint density at radius 2 is 1.85 bits per heavy atom. The number of halogens is 3. The van der Waals surface area contributed by atoms with Gasteiger partial charge in [0, 0.05) is 12.1 Å². The van der Waals surface area contributed by atoms with Gasteiger partial charge in [-0.25, -0.2) is 4.79 Å². The molecule has 150 valence electrons. The Morgan fingerprint density at radius 3 is 2.41 bits per heavy atom. The normalized spacial score (nSPS) is 18.2. The quantitative estimate of drug-likeness (QED) is 0.707. The van der Waals surface area contributed by atoms with Gasteiger partial charge in [0.25, 0.3) is 0 Å². The summed E-state index contributed by atoms with van der Waals surface area (Å²) in [5.74, 6) is -0.802. The molecule has 0 saturated carbocycles. The Bertz CT molecular complexity index is 710. The summed E-state index contributed by atoms with van der Waals surface area (Å²) in [4.78, 5) is 25.0. The largest absolute Gasteiger partial charge is 0.488 e. The molecule has 2 rings (SSSR count). The Hall–Kier alpha value is -2.25. The molecule has 0 N–H and O–H groups in total. The van der Waals surface area contributed by atoms with E-state index in [9.17, 15) is 22.8 Å². The van der Waals surface area contributed by atoms with Crippen LogP contribution in [0.3, 0.4) is 0 Å². The molecule has 1 amide bonds. The van der Waals surface area contributed by atoms with Crippen LogP contribution in [0.15, 0.2) is 18.2 Å². The molecule has 1 unspecified atom stereocenters. The number of carbonyl (C=O) groups excluding carboxylic acids is 2. The lowest BCUT2D eigenvalue weighted by atomic mass is 10.1. The molecule has 0 aromatic heterocycles. The maximum absolute atomic E-state index is 13.4. The Morgan fingerprint density at radius 1 is 1.19 bits per heavy atom. The van der Waals surface area contributed by atoms with E-state index in [4.69, 9.17) is 9.47 Å². The lowest BCUT2D eigenvalue weighted by molar-refractivity contribution is -0.139. The van der Waals surface area contributed by atoms with E-state index < -0.39 is 35.3 Å². The van der Waals surface area contributed by atoms with Crippen molar-refractivity contribution in [2.24, 2.45) is 0 Å². The van der Waals surface area contributed by atoms with Crippen molar-refractivity contribution in [2.45, 2.75) is 58.4 Å². The zero-order chi connectivity index (χ0) is 20.4. The fraction of sp³-hybridized carbons (Fsp3) is 0.579. The number of likely N-dealkylation sites (tertiary alicyclic amines) is 1. The lowest BCUT2D eigenvalue weighted by Crippen LogP contribution is -2.46. The van der Waals surface area contributed by atoms with E-state index in [1.807, 2.05) is 0 Å². The smallest absolute Gasteiger partial charge is 0.419 e. The maximum Gasteiger partial charge on any atom is 0.419 e. The van der Waals surface area contributed by atoms with E-state index in [1.54, 1.807) is 20.8 Å². The zero-order valence-electron chi connectivity index (χ0n) is 15.9. The zero-order valence-corrected chi connectivity index (χ0v) is 15.9. The van der Waals surface area contributed by atoms with Gasteiger partial charge >= 0.3 is 12.3 Å². The minimum absolute atomic E-state index is 0.0336. The first-order valence-electron chi connectivity index (χ1n) is 8.73. The van der Waals surface area contributed by atoms with Gasteiger partial charge in [-0.05, 0) is 58.7 Å². The summed E-state index contributed by atoms with van der Waals surface area (Å²) in [5, 5.41) is 0. The van der Waals surface area contributed by atoms with Crippen LogP contribution in [0, 0.1) is 0 Å². The Balaban J connectivity index is 2.16. The molecule has 1 aliphatic rings. The maximum atomic E-state index is 13.4. The van der Waals surface area contributed by atoms with Crippen molar-refractivity contribution in [1.29, 1.82) is 0 Å². The number of Topliss-reactive ketones (excluding diaryl/α,β-unsaturated/α-hetero) is 1. The van der Waals surface area contributed by atoms with Crippen molar-refractivity contribution in [3.8, 4) is 5.75 Å². The van der Waals surface area contributed by atoms with E-state index in [0.717, 1.165) is 12.1 Å². The van der Waals surface area contributed by atoms with Crippen molar-refractivity contribution in [3.63, 3.8) is 0 Å². The van der Waals surface area contributed by atoms with Gasteiger partial charge < -0.3 is 14.4 Å². The van der Waals surface area contributed by atoms with Crippen LogP contribution in [0.25, 0.3) is 0 Å². The molecule has 8 heteroatoms. The van der Waals surface area contributed by atoms with E-state index in [2.05, 4.69) is 0 Å². The predicted octanol–water partition coefficient (Wildman–Crippen LogP) is 4.69. The summed E-state index contributed by atoms with van der Waals surface area (Å²) < 4.78 is 51.0. The number of piperidine rings is 1. The van der Waals surface area contributed by atoms with Gasteiger partial charge in [-0.2, -0.15) is 13.2 Å². The van der Waals surface area contributed by atoms with Gasteiger partial charge in [-0.1, -0.05) is 0 Å². The first kappa shape index (κ1) is 21.1. The standard InChI is InChI=1S/C19H24F3NO4/c1-12(24)13-7-8-16(15(10-13)19(20,21)22)26-14-6-5-9-23(11-14)17(25)27-18(2,3)4/h7-8,10,14H,5-6,9,11H2,1-4H3. The minimum atomic E-state index is -4.65. The molecule has 1 aromatic rings. The fourth-order valence-corrected chi connectivity index (χ4v) is 2.78. The number of hydrogen-bond donors (Lipinski definition) is 0. The average molecular weight is 387 g/mol. The van der Waals surface area contributed by atoms with Crippen molar-refractivity contribution in [1.82, 2.24) is 4.90 Å². The molecule has 5 nitrogen and oxygen atoms in total. The number of rotatable bonds is 3.